The second kappa shape index (κ2) is 6.20. The molecule has 0 bridgehead atoms. The normalized spacial score (nSPS) is 10.1. The molecule has 0 spiro atoms. The van der Waals surface area contributed by atoms with E-state index in [0.29, 0.717) is 8.68 Å². The topological polar surface area (TPSA) is 52.1 Å². The van der Waals surface area contributed by atoms with Gasteiger partial charge >= 0.3 is 5.97 Å². The quantitative estimate of drug-likeness (QED) is 0.489. The highest BCUT2D eigenvalue weighted by Gasteiger charge is 2.07. The first-order chi connectivity index (χ1) is 6.72. The van der Waals surface area contributed by atoms with Gasteiger partial charge in [0.25, 0.3) is 0 Å². The molecule has 0 aliphatic heterocycles. The van der Waals surface area contributed by atoms with Crippen LogP contribution in [0.25, 0.3) is 0 Å². The van der Waals surface area contributed by atoms with Gasteiger partial charge in [0.15, 0.2) is 8.68 Å². The summed E-state index contributed by atoms with van der Waals surface area (Å²) in [7, 11) is 0. The van der Waals surface area contributed by atoms with Crippen LogP contribution < -0.4 is 0 Å². The third-order valence-corrected chi connectivity index (χ3v) is 3.25. The largest absolute Gasteiger partial charge is 0.462 e. The molecule has 0 aliphatic rings. The molecule has 0 atom stereocenters. The van der Waals surface area contributed by atoms with Gasteiger partial charge in [-0.25, -0.2) is 4.39 Å². The van der Waals surface area contributed by atoms with Crippen molar-refractivity contribution < 1.29 is 13.9 Å². The average Bonchev–Trinajstić information content (AvgIpc) is 2.58. The van der Waals surface area contributed by atoms with E-state index in [-0.39, 0.29) is 12.4 Å². The lowest BCUT2D eigenvalue weighted by Crippen LogP contribution is -2.09. The van der Waals surface area contributed by atoms with E-state index < -0.39 is 12.6 Å². The molecule has 1 aromatic heterocycles. The van der Waals surface area contributed by atoms with Crippen molar-refractivity contribution in [2.24, 2.45) is 0 Å². The number of hydrogen-bond acceptors (Lipinski definition) is 7. The van der Waals surface area contributed by atoms with Crippen molar-refractivity contribution in [1.82, 2.24) is 10.2 Å². The van der Waals surface area contributed by atoms with E-state index in [9.17, 15) is 9.18 Å². The third kappa shape index (κ3) is 4.25. The summed E-state index contributed by atoms with van der Waals surface area (Å²) >= 11 is 6.45. The highest BCUT2D eigenvalue weighted by Crippen LogP contribution is 2.23. The van der Waals surface area contributed by atoms with Crippen molar-refractivity contribution in [3.05, 3.63) is 0 Å². The fourth-order valence-electron chi connectivity index (χ4n) is 0.576. The lowest BCUT2D eigenvalue weighted by Gasteiger charge is -1.99. The van der Waals surface area contributed by atoms with Crippen LogP contribution in [0.1, 0.15) is 0 Å². The molecule has 0 fully saturated rings. The molecular weight excluding hydrogens is 247 g/mol. The molecule has 0 aliphatic carbocycles. The molecule has 0 amide bonds. The second-order valence-corrected chi connectivity index (χ2v) is 4.97. The van der Waals surface area contributed by atoms with Gasteiger partial charge in [-0.15, -0.1) is 22.8 Å². The summed E-state index contributed by atoms with van der Waals surface area (Å²) in [6, 6.07) is 0. The van der Waals surface area contributed by atoms with Gasteiger partial charge in [-0.2, -0.15) is 0 Å². The number of thiol groups is 1. The lowest BCUT2D eigenvalue weighted by atomic mass is 10.7. The molecule has 0 N–H and O–H groups in total. The van der Waals surface area contributed by atoms with Gasteiger partial charge in [0.2, 0.25) is 0 Å². The monoisotopic (exact) mass is 254 g/mol. The molecule has 0 radical (unpaired) electrons. The van der Waals surface area contributed by atoms with Crippen molar-refractivity contribution in [3.63, 3.8) is 0 Å². The summed E-state index contributed by atoms with van der Waals surface area (Å²) in [5.41, 5.74) is 0. The SMILES string of the molecule is O=C(CSc1nnc(S)s1)OCCF. The van der Waals surface area contributed by atoms with Crippen LogP contribution in [0.2, 0.25) is 0 Å². The van der Waals surface area contributed by atoms with Gasteiger partial charge in [0.05, 0.1) is 5.75 Å². The van der Waals surface area contributed by atoms with Crippen LogP contribution in [0, 0.1) is 0 Å². The smallest absolute Gasteiger partial charge is 0.316 e. The predicted molar refractivity (Wildman–Crippen MR) is 54.8 cm³/mol. The number of esters is 1. The van der Waals surface area contributed by atoms with Gasteiger partial charge in [-0.3, -0.25) is 4.79 Å². The number of thioether (sulfide) groups is 1. The number of alkyl halides is 1. The second-order valence-electron chi connectivity index (χ2n) is 2.05. The summed E-state index contributed by atoms with van der Waals surface area (Å²) in [6.45, 7) is -0.844. The molecule has 1 aromatic rings. The van der Waals surface area contributed by atoms with Gasteiger partial charge in [-0.05, 0) is 0 Å². The Kier molecular flexibility index (Phi) is 5.20. The number of rotatable bonds is 5. The van der Waals surface area contributed by atoms with Gasteiger partial charge < -0.3 is 4.74 Å². The molecule has 0 saturated carbocycles. The van der Waals surface area contributed by atoms with E-state index in [1.54, 1.807) is 0 Å². The molecule has 0 saturated heterocycles. The average molecular weight is 254 g/mol. The highest BCUT2D eigenvalue weighted by atomic mass is 32.2. The fraction of sp³-hybridized carbons (Fsp3) is 0.500. The van der Waals surface area contributed by atoms with Gasteiger partial charge in [0, 0.05) is 0 Å². The zero-order valence-corrected chi connectivity index (χ0v) is 9.50. The van der Waals surface area contributed by atoms with Crippen molar-refractivity contribution in [3.8, 4) is 0 Å². The van der Waals surface area contributed by atoms with E-state index in [1.807, 2.05) is 0 Å². The zero-order chi connectivity index (χ0) is 10.4. The first kappa shape index (κ1) is 11.7. The highest BCUT2D eigenvalue weighted by molar-refractivity contribution is 8.01. The molecule has 0 aromatic carbocycles. The van der Waals surface area contributed by atoms with Crippen molar-refractivity contribution in [2.75, 3.05) is 19.0 Å². The van der Waals surface area contributed by atoms with Crippen LogP contribution in [-0.2, 0) is 9.53 Å². The minimum atomic E-state index is -0.657. The Balaban J connectivity index is 2.23. The summed E-state index contributed by atoms with van der Waals surface area (Å²) < 4.78 is 17.3. The van der Waals surface area contributed by atoms with Gasteiger partial charge in [0.1, 0.15) is 13.3 Å². The van der Waals surface area contributed by atoms with Crippen molar-refractivity contribution >= 4 is 41.7 Å². The minimum Gasteiger partial charge on any atom is -0.462 e. The Morgan fingerprint density at radius 2 is 2.43 bits per heavy atom. The Morgan fingerprint density at radius 1 is 1.64 bits per heavy atom. The van der Waals surface area contributed by atoms with E-state index in [4.69, 9.17) is 0 Å². The zero-order valence-electron chi connectivity index (χ0n) is 6.97. The van der Waals surface area contributed by atoms with Crippen molar-refractivity contribution in [1.29, 1.82) is 0 Å². The number of carbonyl (C=O) groups excluding carboxylic acids is 1. The molecule has 8 heteroatoms. The van der Waals surface area contributed by atoms with Crippen LogP contribution in [0.3, 0.4) is 0 Å². The number of aromatic nitrogens is 2. The van der Waals surface area contributed by atoms with E-state index >= 15 is 0 Å². The summed E-state index contributed by atoms with van der Waals surface area (Å²) in [6.07, 6.45) is 0. The number of carbonyl (C=O) groups is 1. The maximum Gasteiger partial charge on any atom is 0.316 e. The van der Waals surface area contributed by atoms with Crippen molar-refractivity contribution in [2.45, 2.75) is 8.68 Å². The number of nitrogens with zero attached hydrogens (tertiary/aromatic N) is 2. The maximum absolute atomic E-state index is 11.6. The predicted octanol–water partition coefficient (Wildman–Crippen LogP) is 1.43. The molecular formula is C6H7FN2O2S3. The Bertz CT molecular complexity index is 307. The van der Waals surface area contributed by atoms with Crippen LogP contribution in [0.5, 0.6) is 0 Å². The third-order valence-electron chi connectivity index (χ3n) is 1.05. The van der Waals surface area contributed by atoms with E-state index in [2.05, 4.69) is 27.6 Å². The molecule has 4 nitrogen and oxygen atoms in total. The Morgan fingerprint density at radius 3 is 3.00 bits per heavy atom. The summed E-state index contributed by atoms with van der Waals surface area (Å²) in [4.78, 5) is 10.9. The lowest BCUT2D eigenvalue weighted by molar-refractivity contribution is -0.140. The minimum absolute atomic E-state index is 0.114. The molecule has 1 rings (SSSR count). The van der Waals surface area contributed by atoms with E-state index in [0.717, 1.165) is 0 Å². The number of ether oxygens (including phenoxy) is 1. The first-order valence-electron chi connectivity index (χ1n) is 3.59. The van der Waals surface area contributed by atoms with Crippen LogP contribution >= 0.6 is 35.7 Å². The van der Waals surface area contributed by atoms with Crippen LogP contribution in [0.15, 0.2) is 8.68 Å². The number of halogens is 1. The number of hydrogen-bond donors (Lipinski definition) is 1. The van der Waals surface area contributed by atoms with Gasteiger partial charge in [-0.1, -0.05) is 23.1 Å². The standard InChI is InChI=1S/C6H7FN2O2S3/c7-1-2-11-4(10)3-13-6-9-8-5(12)14-6/h1-3H2,(H,8,12). The molecule has 1 heterocycles. The summed E-state index contributed by atoms with van der Waals surface area (Å²) in [5.74, 6) is -0.342. The summed E-state index contributed by atoms with van der Waals surface area (Å²) in [5, 5.41) is 7.40. The van der Waals surface area contributed by atoms with E-state index in [1.165, 1.54) is 23.1 Å². The first-order valence-corrected chi connectivity index (χ1v) is 5.84. The molecule has 14 heavy (non-hydrogen) atoms. The van der Waals surface area contributed by atoms with Crippen LogP contribution in [0.4, 0.5) is 4.39 Å². The molecule has 0 unspecified atom stereocenters. The maximum atomic E-state index is 11.6. The molecule has 78 valence electrons. The fourth-order valence-corrected chi connectivity index (χ4v) is 2.46. The Hall–Kier alpha value is -0.340. The van der Waals surface area contributed by atoms with Crippen LogP contribution in [-0.4, -0.2) is 35.2 Å². The Labute approximate surface area is 93.7 Å².